The summed E-state index contributed by atoms with van der Waals surface area (Å²) >= 11 is 1.34. The number of nitrogens with one attached hydrogen (secondary N) is 3. The van der Waals surface area contributed by atoms with E-state index in [1.165, 1.54) is 18.1 Å². The van der Waals surface area contributed by atoms with E-state index in [2.05, 4.69) is 32.5 Å². The number of rotatable bonds is 5. The zero-order chi connectivity index (χ0) is 19.7. The van der Waals surface area contributed by atoms with Gasteiger partial charge in [0.1, 0.15) is 17.2 Å². The van der Waals surface area contributed by atoms with Crippen LogP contribution in [0, 0.1) is 10.8 Å². The van der Waals surface area contributed by atoms with Crippen molar-refractivity contribution in [3.63, 3.8) is 0 Å². The Balaban J connectivity index is 1.55. The van der Waals surface area contributed by atoms with E-state index in [9.17, 15) is 0 Å². The van der Waals surface area contributed by atoms with Crippen LogP contribution in [0.4, 0.5) is 5.82 Å². The first-order valence-electron chi connectivity index (χ1n) is 8.76. The van der Waals surface area contributed by atoms with Gasteiger partial charge in [-0.3, -0.25) is 5.41 Å². The maximum Gasteiger partial charge on any atom is 0.144 e. The van der Waals surface area contributed by atoms with E-state index < -0.39 is 0 Å². The molecule has 1 aliphatic heterocycles. The van der Waals surface area contributed by atoms with Gasteiger partial charge in [-0.15, -0.1) is 0 Å². The van der Waals surface area contributed by atoms with Crippen molar-refractivity contribution in [1.82, 2.24) is 19.7 Å². The Morgan fingerprint density at radius 2 is 1.96 bits per heavy atom. The van der Waals surface area contributed by atoms with Crippen molar-refractivity contribution in [1.29, 1.82) is 10.8 Å². The Labute approximate surface area is 166 Å². The van der Waals surface area contributed by atoms with Crippen LogP contribution in [0.15, 0.2) is 59.5 Å². The molecule has 0 radical (unpaired) electrons. The Kier molecular flexibility index (Phi) is 4.79. The Morgan fingerprint density at radius 3 is 2.64 bits per heavy atom. The fraction of sp³-hybridized carbons (Fsp3) is 0.150. The second kappa shape index (κ2) is 7.40. The van der Waals surface area contributed by atoms with E-state index in [0.717, 1.165) is 33.0 Å². The van der Waals surface area contributed by atoms with Crippen molar-refractivity contribution < 1.29 is 0 Å². The molecule has 3 N–H and O–H groups in total. The summed E-state index contributed by atoms with van der Waals surface area (Å²) in [7, 11) is 0. The van der Waals surface area contributed by atoms with Crippen molar-refractivity contribution in [2.45, 2.75) is 25.3 Å². The van der Waals surface area contributed by atoms with Crippen molar-refractivity contribution >= 4 is 33.9 Å². The topological polar surface area (TPSA) is 103 Å². The van der Waals surface area contributed by atoms with Crippen LogP contribution >= 0.6 is 11.8 Å². The minimum atomic E-state index is 0.409. The molecular weight excluding hydrogens is 370 g/mol. The molecule has 2 aromatic heterocycles. The third-order valence-corrected chi connectivity index (χ3v) is 5.57. The van der Waals surface area contributed by atoms with Gasteiger partial charge in [0.05, 0.1) is 16.3 Å². The summed E-state index contributed by atoms with van der Waals surface area (Å²) in [4.78, 5) is 9.58. The zero-order valence-corrected chi connectivity index (χ0v) is 16.3. The standard InChI is InChI=1S/C20H19N7S/c1-12(13(2)21)16-17-18(28-19(16)22)20(25-11-24-17)23-10-14-4-6-15(7-5-14)27-9-3-8-26-27/h3-9,11,21-22H,10H2,1-2H3,(H,23,24,25)/b16-12-,21-13?,22-19?. The monoisotopic (exact) mass is 389 g/mol. The van der Waals surface area contributed by atoms with Crippen LogP contribution in [-0.2, 0) is 6.54 Å². The van der Waals surface area contributed by atoms with Gasteiger partial charge in [-0.1, -0.05) is 23.9 Å². The molecule has 1 aliphatic rings. The van der Waals surface area contributed by atoms with Crippen molar-refractivity contribution in [2.75, 3.05) is 5.32 Å². The molecule has 0 atom stereocenters. The maximum absolute atomic E-state index is 8.31. The predicted molar refractivity (Wildman–Crippen MR) is 113 cm³/mol. The minimum absolute atomic E-state index is 0.409. The molecule has 0 spiro atoms. The highest BCUT2D eigenvalue weighted by Crippen LogP contribution is 2.44. The van der Waals surface area contributed by atoms with E-state index in [0.29, 0.717) is 23.1 Å². The van der Waals surface area contributed by atoms with Gasteiger partial charge in [-0.25, -0.2) is 14.6 Å². The minimum Gasteiger partial charge on any atom is -0.365 e. The lowest BCUT2D eigenvalue weighted by Gasteiger charge is -2.10. The Morgan fingerprint density at radius 1 is 1.18 bits per heavy atom. The third-order valence-electron chi connectivity index (χ3n) is 4.57. The number of hydrogen-bond acceptors (Lipinski definition) is 7. The average molecular weight is 389 g/mol. The predicted octanol–water partition coefficient (Wildman–Crippen LogP) is 4.17. The van der Waals surface area contributed by atoms with Crippen molar-refractivity contribution in [2.24, 2.45) is 0 Å². The molecule has 8 heteroatoms. The quantitative estimate of drug-likeness (QED) is 0.568. The SMILES string of the molecule is CC(=N)/C(C)=C1\C(=N)Sc2c(NCc3ccc(-n4cccn4)cc3)ncnc21. The van der Waals surface area contributed by atoms with Gasteiger partial charge in [0.2, 0.25) is 0 Å². The highest BCUT2D eigenvalue weighted by atomic mass is 32.2. The largest absolute Gasteiger partial charge is 0.365 e. The number of anilines is 1. The number of allylic oxidation sites excluding steroid dienone is 1. The summed E-state index contributed by atoms with van der Waals surface area (Å²) < 4.78 is 1.82. The lowest BCUT2D eigenvalue weighted by molar-refractivity contribution is 0.879. The fourth-order valence-electron chi connectivity index (χ4n) is 2.94. The van der Waals surface area contributed by atoms with Crippen LogP contribution in [0.2, 0.25) is 0 Å². The normalized spacial score (nSPS) is 14.7. The molecule has 0 amide bonds. The molecule has 0 saturated carbocycles. The summed E-state index contributed by atoms with van der Waals surface area (Å²) in [5, 5.41) is 24.2. The van der Waals surface area contributed by atoms with Gasteiger partial charge in [0.15, 0.2) is 0 Å². The van der Waals surface area contributed by atoms with Gasteiger partial charge in [-0.05, 0) is 43.2 Å². The molecule has 28 heavy (non-hydrogen) atoms. The van der Waals surface area contributed by atoms with Crippen LogP contribution in [0.5, 0.6) is 0 Å². The molecule has 0 bridgehead atoms. The molecule has 1 aromatic carbocycles. The van der Waals surface area contributed by atoms with E-state index in [-0.39, 0.29) is 0 Å². The second-order valence-corrected chi connectivity index (χ2v) is 7.45. The maximum atomic E-state index is 8.31. The number of fused-ring (bicyclic) bond motifs is 1. The van der Waals surface area contributed by atoms with Crippen LogP contribution in [0.25, 0.3) is 11.3 Å². The molecule has 7 nitrogen and oxygen atoms in total. The van der Waals surface area contributed by atoms with Gasteiger partial charge in [-0.2, -0.15) is 5.10 Å². The summed E-state index contributed by atoms with van der Waals surface area (Å²) in [6.45, 7) is 4.20. The highest BCUT2D eigenvalue weighted by Gasteiger charge is 2.29. The zero-order valence-electron chi connectivity index (χ0n) is 15.5. The van der Waals surface area contributed by atoms with E-state index >= 15 is 0 Å². The van der Waals surface area contributed by atoms with Gasteiger partial charge in [0, 0.05) is 30.2 Å². The first-order chi connectivity index (χ1) is 13.5. The molecular formula is C20H19N7S. The van der Waals surface area contributed by atoms with Crippen LogP contribution in [-0.4, -0.2) is 30.5 Å². The summed E-state index contributed by atoms with van der Waals surface area (Å²) in [6, 6.07) is 10.0. The van der Waals surface area contributed by atoms with Crippen LogP contribution in [0.1, 0.15) is 25.1 Å². The second-order valence-electron chi connectivity index (χ2n) is 6.43. The number of thioether (sulfide) groups is 1. The van der Waals surface area contributed by atoms with Crippen molar-refractivity contribution in [3.8, 4) is 5.69 Å². The molecule has 4 rings (SSSR count). The van der Waals surface area contributed by atoms with E-state index in [1.54, 1.807) is 13.1 Å². The smallest absolute Gasteiger partial charge is 0.144 e. The number of aromatic nitrogens is 4. The Bertz CT molecular complexity index is 1080. The number of hydrogen-bond donors (Lipinski definition) is 3. The van der Waals surface area contributed by atoms with Gasteiger partial charge < -0.3 is 10.7 Å². The lowest BCUT2D eigenvalue weighted by atomic mass is 10.0. The molecule has 0 unspecified atom stereocenters. The molecule has 3 heterocycles. The van der Waals surface area contributed by atoms with Crippen LogP contribution in [0.3, 0.4) is 0 Å². The van der Waals surface area contributed by atoms with Crippen LogP contribution < -0.4 is 5.32 Å². The van der Waals surface area contributed by atoms with Gasteiger partial charge in [0.25, 0.3) is 0 Å². The number of benzene rings is 1. The van der Waals surface area contributed by atoms with E-state index in [4.69, 9.17) is 10.8 Å². The van der Waals surface area contributed by atoms with Gasteiger partial charge >= 0.3 is 0 Å². The highest BCUT2D eigenvalue weighted by molar-refractivity contribution is 8.15. The average Bonchev–Trinajstić information content (AvgIpc) is 3.33. The number of nitrogens with zero attached hydrogens (tertiary/aromatic N) is 4. The first kappa shape index (κ1) is 18.1. The molecule has 140 valence electrons. The molecule has 0 fully saturated rings. The summed E-state index contributed by atoms with van der Waals surface area (Å²) in [6.07, 6.45) is 5.17. The van der Waals surface area contributed by atoms with Crippen molar-refractivity contribution in [3.05, 3.63) is 65.9 Å². The molecule has 0 aliphatic carbocycles. The van der Waals surface area contributed by atoms with E-state index in [1.807, 2.05) is 36.0 Å². The Hall–Kier alpha value is -3.26. The summed E-state index contributed by atoms with van der Waals surface area (Å²) in [5.74, 6) is 0.710. The first-order valence-corrected chi connectivity index (χ1v) is 9.57. The summed E-state index contributed by atoms with van der Waals surface area (Å²) in [5.41, 5.74) is 4.79. The molecule has 0 saturated heterocycles. The molecule has 3 aromatic rings. The fourth-order valence-corrected chi connectivity index (χ4v) is 3.97. The lowest BCUT2D eigenvalue weighted by Crippen LogP contribution is -2.05. The third kappa shape index (κ3) is 3.34.